The lowest BCUT2D eigenvalue weighted by atomic mass is 10.2. The van der Waals surface area contributed by atoms with Crippen molar-refractivity contribution in [3.05, 3.63) is 17.7 Å². The van der Waals surface area contributed by atoms with E-state index in [0.29, 0.717) is 12.6 Å². The molecule has 1 N–H and O–H groups in total. The lowest BCUT2D eigenvalue weighted by Gasteiger charge is -2.25. The molecular weight excluding hydrogens is 268 g/mol. The van der Waals surface area contributed by atoms with Gasteiger partial charge in [0.25, 0.3) is 0 Å². The van der Waals surface area contributed by atoms with E-state index in [0.717, 1.165) is 57.7 Å². The smallest absolute Gasteiger partial charge is 0.237 e. The third-order valence-corrected chi connectivity index (χ3v) is 4.67. The highest BCUT2D eigenvalue weighted by Crippen LogP contribution is 2.24. The maximum absolute atomic E-state index is 12.3. The molecule has 0 spiro atoms. The van der Waals surface area contributed by atoms with E-state index < -0.39 is 0 Å². The van der Waals surface area contributed by atoms with Gasteiger partial charge in [0.05, 0.1) is 18.3 Å². The number of amides is 1. The van der Waals surface area contributed by atoms with Gasteiger partial charge in [0.1, 0.15) is 12.4 Å². The van der Waals surface area contributed by atoms with Crippen LogP contribution in [0.1, 0.15) is 37.2 Å². The second-order valence-electron chi connectivity index (χ2n) is 6.28. The third kappa shape index (κ3) is 2.70. The average Bonchev–Trinajstić information content (AvgIpc) is 3.04. The lowest BCUT2D eigenvalue weighted by Crippen LogP contribution is -2.44. The quantitative estimate of drug-likeness (QED) is 0.885. The fourth-order valence-electron chi connectivity index (χ4n) is 3.33. The van der Waals surface area contributed by atoms with Gasteiger partial charge in [-0.05, 0) is 32.2 Å². The molecule has 6 heteroatoms. The minimum absolute atomic E-state index is 0.0385. The van der Waals surface area contributed by atoms with Crippen molar-refractivity contribution in [2.45, 2.75) is 57.5 Å². The summed E-state index contributed by atoms with van der Waals surface area (Å²) >= 11 is 0. The van der Waals surface area contributed by atoms with Crippen molar-refractivity contribution in [1.29, 1.82) is 0 Å². The molecule has 3 aliphatic rings. The Hall–Kier alpha value is -1.40. The molecule has 4 rings (SSSR count). The van der Waals surface area contributed by atoms with E-state index in [2.05, 4.69) is 19.8 Å². The number of fused-ring (bicyclic) bond motifs is 1. The highest BCUT2D eigenvalue weighted by molar-refractivity contribution is 5.82. The minimum Gasteiger partial charge on any atom is -0.372 e. The first-order valence-corrected chi connectivity index (χ1v) is 7.97. The number of imidazole rings is 1. The molecule has 1 saturated heterocycles. The summed E-state index contributed by atoms with van der Waals surface area (Å²) in [5, 5.41) is 3.14. The van der Waals surface area contributed by atoms with E-state index in [-0.39, 0.29) is 11.9 Å². The Bertz CT molecular complexity index is 538. The second-order valence-corrected chi connectivity index (χ2v) is 6.28. The van der Waals surface area contributed by atoms with E-state index in [4.69, 9.17) is 4.74 Å². The van der Waals surface area contributed by atoms with Crippen LogP contribution >= 0.6 is 0 Å². The summed E-state index contributed by atoms with van der Waals surface area (Å²) in [5.41, 5.74) is 1.21. The molecule has 1 aromatic heterocycles. The van der Waals surface area contributed by atoms with E-state index in [9.17, 15) is 4.79 Å². The first-order valence-electron chi connectivity index (χ1n) is 7.97. The number of hydrogen-bond donors (Lipinski definition) is 1. The zero-order valence-corrected chi connectivity index (χ0v) is 12.3. The van der Waals surface area contributed by atoms with Crippen molar-refractivity contribution in [2.24, 2.45) is 0 Å². The number of nitrogens with one attached hydrogen (secondary N) is 1. The highest BCUT2D eigenvalue weighted by Gasteiger charge is 2.34. The van der Waals surface area contributed by atoms with Crippen LogP contribution in [-0.4, -0.2) is 45.6 Å². The highest BCUT2D eigenvalue weighted by atomic mass is 16.5. The Labute approximate surface area is 124 Å². The van der Waals surface area contributed by atoms with Gasteiger partial charge in [-0.2, -0.15) is 0 Å². The van der Waals surface area contributed by atoms with Crippen molar-refractivity contribution < 1.29 is 9.53 Å². The summed E-state index contributed by atoms with van der Waals surface area (Å²) < 4.78 is 7.68. The number of ether oxygens (including phenoxy) is 1. The van der Waals surface area contributed by atoms with Crippen LogP contribution in [0, 0.1) is 0 Å². The summed E-state index contributed by atoms with van der Waals surface area (Å²) in [5.74, 6) is 1.23. The molecule has 21 heavy (non-hydrogen) atoms. The molecular formula is C15H22N4O2. The molecule has 2 fully saturated rings. The fraction of sp³-hybridized carbons (Fsp3) is 0.733. The summed E-state index contributed by atoms with van der Waals surface area (Å²) in [6.45, 7) is 4.04. The second kappa shape index (κ2) is 5.42. The first kappa shape index (κ1) is 13.3. The van der Waals surface area contributed by atoms with Crippen LogP contribution in [0.15, 0.2) is 6.20 Å². The number of likely N-dealkylation sites (tertiary alicyclic amines) is 1. The molecule has 1 unspecified atom stereocenters. The number of aromatic nitrogens is 2. The topological polar surface area (TPSA) is 59.4 Å². The molecule has 0 bridgehead atoms. The van der Waals surface area contributed by atoms with Crippen LogP contribution in [0.3, 0.4) is 0 Å². The van der Waals surface area contributed by atoms with Gasteiger partial charge >= 0.3 is 0 Å². The van der Waals surface area contributed by atoms with Crippen LogP contribution in [0.4, 0.5) is 0 Å². The monoisotopic (exact) mass is 290 g/mol. The Morgan fingerprint density at radius 2 is 2.29 bits per heavy atom. The Kier molecular flexibility index (Phi) is 3.43. The van der Waals surface area contributed by atoms with Crippen molar-refractivity contribution in [1.82, 2.24) is 19.8 Å². The van der Waals surface area contributed by atoms with Crippen molar-refractivity contribution in [2.75, 3.05) is 13.2 Å². The van der Waals surface area contributed by atoms with Crippen molar-refractivity contribution >= 4 is 5.91 Å². The van der Waals surface area contributed by atoms with Crippen LogP contribution in [0.5, 0.6) is 0 Å². The molecule has 0 radical (unpaired) electrons. The number of nitrogens with zero attached hydrogens (tertiary/aromatic N) is 3. The molecule has 1 atom stereocenters. The number of hydrogen-bond acceptors (Lipinski definition) is 4. The zero-order valence-electron chi connectivity index (χ0n) is 12.3. The lowest BCUT2D eigenvalue weighted by molar-refractivity contribution is -0.125. The number of rotatable bonds is 4. The Morgan fingerprint density at radius 3 is 3.14 bits per heavy atom. The van der Waals surface area contributed by atoms with Crippen LogP contribution in [0.2, 0.25) is 0 Å². The molecule has 0 aromatic carbocycles. The van der Waals surface area contributed by atoms with Gasteiger partial charge in [-0.15, -0.1) is 0 Å². The number of carbonyl (C=O) groups excluding carboxylic acids is 1. The molecule has 114 valence electrons. The first-order chi connectivity index (χ1) is 10.3. The average molecular weight is 290 g/mol. The Morgan fingerprint density at radius 1 is 1.38 bits per heavy atom. The SMILES string of the molecule is O=C(NC1CC1)C1CCCN1Cc1cnc2n1CCOC2. The molecule has 1 aliphatic carbocycles. The standard InChI is InChI=1S/C15H22N4O2/c20-15(17-11-3-4-11)13-2-1-5-18(13)9-12-8-16-14-10-21-7-6-19(12)14/h8,11,13H,1-7,9-10H2,(H,17,20). The van der Waals surface area contributed by atoms with Gasteiger partial charge in [0.15, 0.2) is 0 Å². The van der Waals surface area contributed by atoms with E-state index in [1.165, 1.54) is 5.69 Å². The number of carbonyl (C=O) groups is 1. The maximum atomic E-state index is 12.3. The van der Waals surface area contributed by atoms with Crippen molar-refractivity contribution in [3.63, 3.8) is 0 Å². The predicted octanol–water partition coefficient (Wildman–Crippen LogP) is 0.656. The molecule has 3 heterocycles. The zero-order chi connectivity index (χ0) is 14.2. The van der Waals surface area contributed by atoms with Crippen LogP contribution < -0.4 is 5.32 Å². The normalized spacial score (nSPS) is 25.8. The van der Waals surface area contributed by atoms with Crippen molar-refractivity contribution in [3.8, 4) is 0 Å². The molecule has 1 saturated carbocycles. The summed E-state index contributed by atoms with van der Waals surface area (Å²) in [6.07, 6.45) is 6.32. The summed E-state index contributed by atoms with van der Waals surface area (Å²) in [4.78, 5) is 19.1. The van der Waals surface area contributed by atoms with E-state index in [1.807, 2.05) is 6.20 Å². The molecule has 6 nitrogen and oxygen atoms in total. The van der Waals surface area contributed by atoms with Crippen LogP contribution in [0.25, 0.3) is 0 Å². The molecule has 2 aliphatic heterocycles. The van der Waals surface area contributed by atoms with Gasteiger partial charge < -0.3 is 14.6 Å². The van der Waals surface area contributed by atoms with Crippen LogP contribution in [-0.2, 0) is 29.2 Å². The fourth-order valence-corrected chi connectivity index (χ4v) is 3.33. The Balaban J connectivity index is 1.45. The van der Waals surface area contributed by atoms with E-state index >= 15 is 0 Å². The van der Waals surface area contributed by atoms with Gasteiger partial charge in [-0.1, -0.05) is 0 Å². The largest absolute Gasteiger partial charge is 0.372 e. The van der Waals surface area contributed by atoms with Gasteiger partial charge in [-0.25, -0.2) is 4.98 Å². The maximum Gasteiger partial charge on any atom is 0.237 e. The molecule has 1 amide bonds. The predicted molar refractivity (Wildman–Crippen MR) is 76.5 cm³/mol. The van der Waals surface area contributed by atoms with Gasteiger partial charge in [-0.3, -0.25) is 9.69 Å². The van der Waals surface area contributed by atoms with Gasteiger partial charge in [0.2, 0.25) is 5.91 Å². The molecule has 1 aromatic rings. The minimum atomic E-state index is 0.0385. The summed E-state index contributed by atoms with van der Waals surface area (Å²) in [7, 11) is 0. The third-order valence-electron chi connectivity index (χ3n) is 4.67. The summed E-state index contributed by atoms with van der Waals surface area (Å²) in [6, 6.07) is 0.483. The van der Waals surface area contributed by atoms with Gasteiger partial charge in [0, 0.05) is 25.3 Å². The van der Waals surface area contributed by atoms with E-state index in [1.54, 1.807) is 0 Å².